The average molecular weight is 327 g/mol. The fraction of sp³-hybridized carbons (Fsp3) is 0.389. The SMILES string of the molecule is CC(C)(C)c1cc(C(=O)N2CCc3ccc(C(=O)O)cc3C2)n[nH]1. The fourth-order valence-corrected chi connectivity index (χ4v) is 2.84. The molecule has 1 aliphatic rings. The number of aromatic nitrogens is 2. The van der Waals surface area contributed by atoms with Gasteiger partial charge in [-0.05, 0) is 35.7 Å². The zero-order chi connectivity index (χ0) is 17.5. The van der Waals surface area contributed by atoms with Crippen LogP contribution in [-0.2, 0) is 18.4 Å². The van der Waals surface area contributed by atoms with Crippen molar-refractivity contribution in [2.45, 2.75) is 39.2 Å². The third-order valence-corrected chi connectivity index (χ3v) is 4.36. The number of carboxylic acids is 1. The zero-order valence-corrected chi connectivity index (χ0v) is 14.1. The predicted molar refractivity (Wildman–Crippen MR) is 89.1 cm³/mol. The molecule has 6 heteroatoms. The molecule has 1 amide bonds. The van der Waals surface area contributed by atoms with Crippen LogP contribution in [0.15, 0.2) is 24.3 Å². The first-order chi connectivity index (χ1) is 11.3. The summed E-state index contributed by atoms with van der Waals surface area (Å²) in [6, 6.07) is 6.91. The minimum absolute atomic E-state index is 0.101. The van der Waals surface area contributed by atoms with E-state index in [0.29, 0.717) is 18.8 Å². The van der Waals surface area contributed by atoms with Crippen molar-refractivity contribution in [2.24, 2.45) is 0 Å². The normalized spacial score (nSPS) is 14.4. The van der Waals surface area contributed by atoms with Crippen molar-refractivity contribution in [1.82, 2.24) is 15.1 Å². The van der Waals surface area contributed by atoms with E-state index >= 15 is 0 Å². The Bertz CT molecular complexity index is 802. The van der Waals surface area contributed by atoms with Gasteiger partial charge >= 0.3 is 5.97 Å². The van der Waals surface area contributed by atoms with E-state index in [1.165, 1.54) is 0 Å². The lowest BCUT2D eigenvalue weighted by atomic mass is 9.92. The first kappa shape index (κ1) is 16.2. The van der Waals surface area contributed by atoms with Crippen molar-refractivity contribution in [3.05, 3.63) is 52.3 Å². The number of amides is 1. The van der Waals surface area contributed by atoms with Gasteiger partial charge in [0.05, 0.1) is 5.56 Å². The van der Waals surface area contributed by atoms with Gasteiger partial charge in [0.1, 0.15) is 5.69 Å². The molecule has 2 heterocycles. The Morgan fingerprint density at radius 1 is 1.21 bits per heavy atom. The molecule has 6 nitrogen and oxygen atoms in total. The van der Waals surface area contributed by atoms with Crippen LogP contribution in [0.25, 0.3) is 0 Å². The van der Waals surface area contributed by atoms with Crippen molar-refractivity contribution in [3.63, 3.8) is 0 Å². The summed E-state index contributed by atoms with van der Waals surface area (Å²) in [5.41, 5.74) is 3.45. The summed E-state index contributed by atoms with van der Waals surface area (Å²) in [5, 5.41) is 16.2. The molecule has 24 heavy (non-hydrogen) atoms. The maximum Gasteiger partial charge on any atom is 0.335 e. The molecule has 1 aromatic carbocycles. The van der Waals surface area contributed by atoms with E-state index in [2.05, 4.69) is 31.0 Å². The molecule has 0 saturated heterocycles. The number of hydrogen-bond acceptors (Lipinski definition) is 3. The number of carboxylic acid groups (broad SMARTS) is 1. The Morgan fingerprint density at radius 2 is 1.96 bits per heavy atom. The summed E-state index contributed by atoms with van der Waals surface area (Å²) >= 11 is 0. The van der Waals surface area contributed by atoms with Gasteiger partial charge in [-0.15, -0.1) is 0 Å². The van der Waals surface area contributed by atoms with Gasteiger partial charge < -0.3 is 10.0 Å². The monoisotopic (exact) mass is 327 g/mol. The molecule has 3 rings (SSSR count). The van der Waals surface area contributed by atoms with Crippen LogP contribution in [0, 0.1) is 0 Å². The van der Waals surface area contributed by atoms with Crippen LogP contribution in [0.2, 0.25) is 0 Å². The lowest BCUT2D eigenvalue weighted by molar-refractivity contribution is 0.0696. The van der Waals surface area contributed by atoms with Crippen molar-refractivity contribution >= 4 is 11.9 Å². The highest BCUT2D eigenvalue weighted by Crippen LogP contribution is 2.24. The molecule has 0 spiro atoms. The first-order valence-electron chi connectivity index (χ1n) is 7.96. The second-order valence-corrected chi connectivity index (χ2v) is 7.18. The smallest absolute Gasteiger partial charge is 0.335 e. The Kier molecular flexibility index (Phi) is 3.91. The molecule has 0 saturated carbocycles. The molecule has 0 radical (unpaired) electrons. The van der Waals surface area contributed by atoms with Crippen LogP contribution in [0.5, 0.6) is 0 Å². The summed E-state index contributed by atoms with van der Waals surface area (Å²) in [7, 11) is 0. The predicted octanol–water partition coefficient (Wildman–Crippen LogP) is 2.60. The lowest BCUT2D eigenvalue weighted by Gasteiger charge is -2.28. The van der Waals surface area contributed by atoms with E-state index < -0.39 is 5.97 Å². The highest BCUT2D eigenvalue weighted by Gasteiger charge is 2.26. The summed E-state index contributed by atoms with van der Waals surface area (Å²) < 4.78 is 0. The Labute approximate surface area is 140 Å². The number of carbonyl (C=O) groups is 2. The number of fused-ring (bicyclic) bond motifs is 1. The summed E-state index contributed by atoms with van der Waals surface area (Å²) in [6.07, 6.45) is 0.720. The lowest BCUT2D eigenvalue weighted by Crippen LogP contribution is -2.36. The molecule has 0 unspecified atom stereocenters. The zero-order valence-electron chi connectivity index (χ0n) is 14.1. The molecule has 0 fully saturated rings. The maximum absolute atomic E-state index is 12.7. The standard InChI is InChI=1S/C18H21N3O3/c1-18(2,3)15-9-14(19-20-15)16(22)21-7-6-11-4-5-12(17(23)24)8-13(11)10-21/h4-5,8-9H,6-7,10H2,1-3H3,(H,19,20)(H,23,24). The van der Waals surface area contributed by atoms with Crippen molar-refractivity contribution in [1.29, 1.82) is 0 Å². The third kappa shape index (κ3) is 3.04. The number of aromatic carboxylic acids is 1. The Hall–Kier alpha value is -2.63. The van der Waals surface area contributed by atoms with Crippen LogP contribution in [0.1, 0.15) is 58.4 Å². The molecule has 2 aromatic rings. The fourth-order valence-electron chi connectivity index (χ4n) is 2.84. The topological polar surface area (TPSA) is 86.3 Å². The summed E-state index contributed by atoms with van der Waals surface area (Å²) in [4.78, 5) is 25.5. The van der Waals surface area contributed by atoms with E-state index in [9.17, 15) is 9.59 Å². The molecule has 0 aliphatic carbocycles. The first-order valence-corrected chi connectivity index (χ1v) is 7.96. The molecule has 126 valence electrons. The largest absolute Gasteiger partial charge is 0.478 e. The summed E-state index contributed by atoms with van der Waals surface area (Å²) in [5.74, 6) is -1.09. The highest BCUT2D eigenvalue weighted by molar-refractivity contribution is 5.93. The van der Waals surface area contributed by atoms with Crippen molar-refractivity contribution < 1.29 is 14.7 Å². The molecule has 1 aliphatic heterocycles. The molecule has 0 atom stereocenters. The van der Waals surface area contributed by atoms with Crippen LogP contribution in [0.3, 0.4) is 0 Å². The Balaban J connectivity index is 1.82. The van der Waals surface area contributed by atoms with E-state index in [1.807, 2.05) is 6.07 Å². The van der Waals surface area contributed by atoms with E-state index in [0.717, 1.165) is 23.2 Å². The van der Waals surface area contributed by atoms with Gasteiger partial charge in [-0.3, -0.25) is 9.89 Å². The molecule has 1 aromatic heterocycles. The summed E-state index contributed by atoms with van der Waals surface area (Å²) in [6.45, 7) is 7.18. The van der Waals surface area contributed by atoms with Crippen LogP contribution in [-0.4, -0.2) is 38.6 Å². The van der Waals surface area contributed by atoms with Gasteiger partial charge in [-0.1, -0.05) is 26.8 Å². The number of nitrogens with zero attached hydrogens (tertiary/aromatic N) is 2. The van der Waals surface area contributed by atoms with Crippen LogP contribution in [0.4, 0.5) is 0 Å². The number of aromatic amines is 1. The van der Waals surface area contributed by atoms with E-state index in [-0.39, 0.29) is 16.9 Å². The number of nitrogens with one attached hydrogen (secondary N) is 1. The number of benzene rings is 1. The quantitative estimate of drug-likeness (QED) is 0.888. The molecule has 0 bridgehead atoms. The van der Waals surface area contributed by atoms with Gasteiger partial charge in [0, 0.05) is 24.2 Å². The van der Waals surface area contributed by atoms with Gasteiger partial charge in [-0.2, -0.15) is 5.10 Å². The second-order valence-electron chi connectivity index (χ2n) is 7.18. The van der Waals surface area contributed by atoms with Crippen LogP contribution >= 0.6 is 0 Å². The molecular formula is C18H21N3O3. The molecular weight excluding hydrogens is 306 g/mol. The second kappa shape index (κ2) is 5.78. The molecule has 2 N–H and O–H groups in total. The van der Waals surface area contributed by atoms with Crippen molar-refractivity contribution in [2.75, 3.05) is 6.54 Å². The van der Waals surface area contributed by atoms with Gasteiger partial charge in [-0.25, -0.2) is 4.79 Å². The highest BCUT2D eigenvalue weighted by atomic mass is 16.4. The maximum atomic E-state index is 12.7. The number of H-pyrrole nitrogens is 1. The number of rotatable bonds is 2. The Morgan fingerprint density at radius 3 is 2.58 bits per heavy atom. The van der Waals surface area contributed by atoms with Gasteiger partial charge in [0.2, 0.25) is 0 Å². The van der Waals surface area contributed by atoms with Crippen LogP contribution < -0.4 is 0 Å². The number of carbonyl (C=O) groups excluding carboxylic acids is 1. The number of hydrogen-bond donors (Lipinski definition) is 2. The van der Waals surface area contributed by atoms with E-state index in [1.54, 1.807) is 23.1 Å². The van der Waals surface area contributed by atoms with E-state index in [4.69, 9.17) is 5.11 Å². The van der Waals surface area contributed by atoms with Gasteiger partial charge in [0.15, 0.2) is 0 Å². The average Bonchev–Trinajstić information content (AvgIpc) is 3.03. The van der Waals surface area contributed by atoms with Gasteiger partial charge in [0.25, 0.3) is 5.91 Å². The minimum Gasteiger partial charge on any atom is -0.478 e. The third-order valence-electron chi connectivity index (χ3n) is 4.36. The minimum atomic E-state index is -0.955. The van der Waals surface area contributed by atoms with Crippen molar-refractivity contribution in [3.8, 4) is 0 Å².